The van der Waals surface area contributed by atoms with Gasteiger partial charge in [0, 0.05) is 18.1 Å². The zero-order valence-corrected chi connectivity index (χ0v) is 16.2. The zero-order chi connectivity index (χ0) is 19.1. The number of ether oxygens (including phenoxy) is 1. The first-order valence-electron chi connectivity index (χ1n) is 8.66. The molecule has 2 N–H and O–H groups in total. The second-order valence-corrected chi connectivity index (χ2v) is 6.93. The third-order valence-electron chi connectivity index (χ3n) is 3.95. The van der Waals surface area contributed by atoms with Gasteiger partial charge in [0.25, 0.3) is 0 Å². The van der Waals surface area contributed by atoms with Gasteiger partial charge in [-0.2, -0.15) is 0 Å². The first kappa shape index (κ1) is 18.8. The van der Waals surface area contributed by atoms with Gasteiger partial charge in [0.1, 0.15) is 11.6 Å². The Balaban J connectivity index is 1.48. The van der Waals surface area contributed by atoms with E-state index in [1.807, 2.05) is 48.7 Å². The minimum Gasteiger partial charge on any atom is -0.496 e. The highest BCUT2D eigenvalue weighted by molar-refractivity contribution is 7.13. The summed E-state index contributed by atoms with van der Waals surface area (Å²) < 4.78 is 5.32. The molecule has 3 aromatic rings. The Hall–Kier alpha value is -2.93. The summed E-state index contributed by atoms with van der Waals surface area (Å²) in [6.07, 6.45) is 2.73. The number of thiazole rings is 1. The Labute approximate surface area is 162 Å². The highest BCUT2D eigenvalue weighted by Gasteiger charge is 2.09. The van der Waals surface area contributed by atoms with Crippen LogP contribution in [0.5, 0.6) is 5.75 Å². The van der Waals surface area contributed by atoms with Crippen molar-refractivity contribution in [2.75, 3.05) is 19.0 Å². The molecule has 0 aliphatic heterocycles. The molecule has 0 atom stereocenters. The number of para-hydroxylation sites is 1. The van der Waals surface area contributed by atoms with Crippen LogP contribution in [0.3, 0.4) is 0 Å². The van der Waals surface area contributed by atoms with Crippen molar-refractivity contribution in [2.24, 2.45) is 0 Å². The highest BCUT2D eigenvalue weighted by atomic mass is 32.1. The highest BCUT2D eigenvalue weighted by Crippen LogP contribution is 2.20. The van der Waals surface area contributed by atoms with Crippen molar-refractivity contribution in [3.8, 4) is 5.75 Å². The first-order valence-corrected chi connectivity index (χ1v) is 9.54. The second kappa shape index (κ2) is 9.14. The molecule has 3 rings (SSSR count). The summed E-state index contributed by atoms with van der Waals surface area (Å²) in [5.74, 6) is 1.54. The number of amides is 1. The van der Waals surface area contributed by atoms with E-state index in [1.165, 1.54) is 11.3 Å². The van der Waals surface area contributed by atoms with Crippen LogP contribution in [0.2, 0.25) is 0 Å². The van der Waals surface area contributed by atoms with Gasteiger partial charge >= 0.3 is 0 Å². The van der Waals surface area contributed by atoms with Crippen molar-refractivity contribution >= 4 is 28.2 Å². The molecule has 1 aromatic carbocycles. The Bertz CT molecular complexity index is 910. The molecule has 0 saturated carbocycles. The lowest BCUT2D eigenvalue weighted by atomic mass is 10.1. The molecule has 6 nitrogen and oxygen atoms in total. The Morgan fingerprint density at radius 2 is 2.11 bits per heavy atom. The third-order valence-corrected chi connectivity index (χ3v) is 4.76. The van der Waals surface area contributed by atoms with Crippen molar-refractivity contribution in [3.05, 3.63) is 64.8 Å². The quantitative estimate of drug-likeness (QED) is 0.624. The van der Waals surface area contributed by atoms with Gasteiger partial charge in [0.2, 0.25) is 5.91 Å². The van der Waals surface area contributed by atoms with Crippen LogP contribution in [0, 0.1) is 6.92 Å². The van der Waals surface area contributed by atoms with Gasteiger partial charge in [-0.25, -0.2) is 9.97 Å². The fraction of sp³-hybridized carbons (Fsp3) is 0.250. The van der Waals surface area contributed by atoms with E-state index in [0.717, 1.165) is 39.9 Å². The van der Waals surface area contributed by atoms with Crippen LogP contribution in [0.25, 0.3) is 0 Å². The number of rotatable bonds is 8. The van der Waals surface area contributed by atoms with Gasteiger partial charge in [-0.15, -0.1) is 11.3 Å². The minimum atomic E-state index is -0.0459. The van der Waals surface area contributed by atoms with Crippen LogP contribution < -0.4 is 15.4 Å². The standard InChI is InChI=1S/C20H22N4O2S/c1-14-7-9-21-18(11-14)24-20-23-16(13-27-20)12-19(25)22-10-8-15-5-3-4-6-17(15)26-2/h3-7,9,11,13H,8,10,12H2,1-2H3,(H,22,25)(H,21,23,24). The number of pyridine rings is 1. The van der Waals surface area contributed by atoms with Gasteiger partial charge < -0.3 is 15.4 Å². The molecular weight excluding hydrogens is 360 g/mol. The van der Waals surface area contributed by atoms with Crippen molar-refractivity contribution in [2.45, 2.75) is 19.8 Å². The average molecular weight is 382 g/mol. The third kappa shape index (κ3) is 5.52. The summed E-state index contributed by atoms with van der Waals surface area (Å²) in [5, 5.41) is 8.71. The largest absolute Gasteiger partial charge is 0.496 e. The summed E-state index contributed by atoms with van der Waals surface area (Å²) in [6, 6.07) is 11.7. The molecule has 7 heteroatoms. The van der Waals surface area contributed by atoms with E-state index in [-0.39, 0.29) is 12.3 Å². The van der Waals surface area contributed by atoms with Crippen molar-refractivity contribution in [1.29, 1.82) is 0 Å². The Morgan fingerprint density at radius 3 is 2.93 bits per heavy atom. The van der Waals surface area contributed by atoms with Crippen molar-refractivity contribution in [1.82, 2.24) is 15.3 Å². The minimum absolute atomic E-state index is 0.0459. The molecule has 0 radical (unpaired) electrons. The summed E-state index contributed by atoms with van der Waals surface area (Å²) in [5.41, 5.74) is 2.94. The lowest BCUT2D eigenvalue weighted by molar-refractivity contribution is -0.120. The fourth-order valence-corrected chi connectivity index (χ4v) is 3.35. The van der Waals surface area contributed by atoms with Gasteiger partial charge in [-0.1, -0.05) is 18.2 Å². The van der Waals surface area contributed by atoms with E-state index >= 15 is 0 Å². The van der Waals surface area contributed by atoms with Crippen LogP contribution in [0.1, 0.15) is 16.8 Å². The van der Waals surface area contributed by atoms with E-state index in [9.17, 15) is 4.79 Å². The molecular formula is C20H22N4O2S. The fourth-order valence-electron chi connectivity index (χ4n) is 2.63. The van der Waals surface area contributed by atoms with Gasteiger partial charge in [0.05, 0.1) is 19.2 Å². The molecule has 0 bridgehead atoms. The SMILES string of the molecule is COc1ccccc1CCNC(=O)Cc1csc(Nc2cc(C)ccn2)n1. The van der Waals surface area contributed by atoms with Crippen LogP contribution in [-0.2, 0) is 17.6 Å². The Kier molecular flexibility index (Phi) is 6.38. The van der Waals surface area contributed by atoms with Crippen LogP contribution in [0.4, 0.5) is 10.9 Å². The predicted molar refractivity (Wildman–Crippen MR) is 108 cm³/mol. The number of anilines is 2. The first-order chi connectivity index (χ1) is 13.1. The molecule has 27 heavy (non-hydrogen) atoms. The van der Waals surface area contributed by atoms with E-state index in [1.54, 1.807) is 13.3 Å². The maximum absolute atomic E-state index is 12.2. The average Bonchev–Trinajstić information content (AvgIpc) is 3.08. The molecule has 2 heterocycles. The summed E-state index contributed by atoms with van der Waals surface area (Å²) in [4.78, 5) is 20.9. The maximum atomic E-state index is 12.2. The predicted octanol–water partition coefficient (Wildman–Crippen LogP) is 3.50. The topological polar surface area (TPSA) is 76.1 Å². The summed E-state index contributed by atoms with van der Waals surface area (Å²) >= 11 is 1.46. The number of benzene rings is 1. The molecule has 0 saturated heterocycles. The maximum Gasteiger partial charge on any atom is 0.226 e. The van der Waals surface area contributed by atoms with Gasteiger partial charge in [0.15, 0.2) is 5.13 Å². The van der Waals surface area contributed by atoms with Crippen LogP contribution >= 0.6 is 11.3 Å². The number of hydrogen-bond acceptors (Lipinski definition) is 6. The normalized spacial score (nSPS) is 10.4. The monoisotopic (exact) mass is 382 g/mol. The molecule has 0 aliphatic carbocycles. The lowest BCUT2D eigenvalue weighted by Gasteiger charge is -2.08. The molecule has 140 valence electrons. The molecule has 1 amide bonds. The Morgan fingerprint density at radius 1 is 1.26 bits per heavy atom. The van der Waals surface area contributed by atoms with Gasteiger partial charge in [-0.3, -0.25) is 4.79 Å². The van der Waals surface area contributed by atoms with Crippen LogP contribution in [-0.4, -0.2) is 29.5 Å². The van der Waals surface area contributed by atoms with E-state index in [2.05, 4.69) is 20.6 Å². The number of carbonyl (C=O) groups is 1. The van der Waals surface area contributed by atoms with Gasteiger partial charge in [-0.05, 0) is 42.7 Å². The summed E-state index contributed by atoms with van der Waals surface area (Å²) in [7, 11) is 1.65. The van der Waals surface area contributed by atoms with E-state index < -0.39 is 0 Å². The number of methoxy groups -OCH3 is 1. The molecule has 0 fully saturated rings. The zero-order valence-electron chi connectivity index (χ0n) is 15.4. The molecule has 0 aliphatic rings. The smallest absolute Gasteiger partial charge is 0.226 e. The van der Waals surface area contributed by atoms with E-state index in [0.29, 0.717) is 6.54 Å². The number of aryl methyl sites for hydroxylation is 1. The molecule has 0 spiro atoms. The van der Waals surface area contributed by atoms with E-state index in [4.69, 9.17) is 4.74 Å². The van der Waals surface area contributed by atoms with Crippen molar-refractivity contribution in [3.63, 3.8) is 0 Å². The molecule has 2 aromatic heterocycles. The number of hydrogen-bond donors (Lipinski definition) is 2. The summed E-state index contributed by atoms with van der Waals surface area (Å²) in [6.45, 7) is 2.57. The number of carbonyl (C=O) groups excluding carboxylic acids is 1. The number of aromatic nitrogens is 2. The lowest BCUT2D eigenvalue weighted by Crippen LogP contribution is -2.27. The second-order valence-electron chi connectivity index (χ2n) is 6.08. The van der Waals surface area contributed by atoms with Crippen LogP contribution in [0.15, 0.2) is 48.0 Å². The number of nitrogens with one attached hydrogen (secondary N) is 2. The number of nitrogens with zero attached hydrogens (tertiary/aromatic N) is 2. The van der Waals surface area contributed by atoms with Crippen molar-refractivity contribution < 1.29 is 9.53 Å². The molecule has 0 unspecified atom stereocenters.